The lowest BCUT2D eigenvalue weighted by atomic mass is 10.1. The van der Waals surface area contributed by atoms with Gasteiger partial charge in [-0.25, -0.2) is 4.79 Å². The van der Waals surface area contributed by atoms with E-state index in [2.05, 4.69) is 6.92 Å². The van der Waals surface area contributed by atoms with Crippen molar-refractivity contribution in [3.05, 3.63) is 28.7 Å². The van der Waals surface area contributed by atoms with Gasteiger partial charge in [0.25, 0.3) is 5.91 Å². The van der Waals surface area contributed by atoms with Crippen molar-refractivity contribution in [2.75, 3.05) is 13.2 Å². The van der Waals surface area contributed by atoms with Crippen LogP contribution in [0.5, 0.6) is 11.5 Å². The van der Waals surface area contributed by atoms with Gasteiger partial charge in [0.05, 0.1) is 24.5 Å². The fourth-order valence-electron chi connectivity index (χ4n) is 3.42. The number of nitrogens with zero attached hydrogens (tertiary/aromatic N) is 1. The molecule has 0 aliphatic carbocycles. The van der Waals surface area contributed by atoms with E-state index in [1.54, 1.807) is 24.3 Å². The molecule has 2 N–H and O–H groups in total. The lowest BCUT2D eigenvalue weighted by Gasteiger charge is -2.21. The van der Waals surface area contributed by atoms with E-state index >= 15 is 0 Å². The molecule has 186 valence electrons. The average Bonchev–Trinajstić information content (AvgIpc) is 3.05. The lowest BCUT2D eigenvalue weighted by molar-refractivity contribution is -0.150. The predicted octanol–water partition coefficient (Wildman–Crippen LogP) is 4.95. The maximum absolute atomic E-state index is 12.8. The zero-order valence-corrected chi connectivity index (χ0v) is 21.1. The maximum Gasteiger partial charge on any atom is 0.327 e. The van der Waals surface area contributed by atoms with Gasteiger partial charge < -0.3 is 19.7 Å². The number of carbonyl (C=O) groups is 3. The zero-order chi connectivity index (χ0) is 25.1. The molecule has 10 heteroatoms. The molecular formula is C24H31NO7S2. The number of hydrogen-bond acceptors (Lipinski definition) is 7. The van der Waals surface area contributed by atoms with Crippen molar-refractivity contribution in [2.24, 2.45) is 0 Å². The van der Waals surface area contributed by atoms with Gasteiger partial charge in [-0.15, -0.1) is 0 Å². The summed E-state index contributed by atoms with van der Waals surface area (Å²) in [6.07, 6.45) is 7.82. The minimum Gasteiger partial charge on any atom is -0.490 e. The summed E-state index contributed by atoms with van der Waals surface area (Å²) in [7, 11) is 0. The third-order valence-corrected chi connectivity index (χ3v) is 6.44. The summed E-state index contributed by atoms with van der Waals surface area (Å²) >= 11 is 6.10. The number of aliphatic carboxylic acids is 2. The minimum absolute atomic E-state index is 0.00817. The van der Waals surface area contributed by atoms with Gasteiger partial charge in [-0.1, -0.05) is 69.1 Å². The van der Waals surface area contributed by atoms with Crippen molar-refractivity contribution in [1.82, 2.24) is 4.90 Å². The van der Waals surface area contributed by atoms with E-state index in [0.717, 1.165) is 29.5 Å². The number of thiocarbonyl (C=S) groups is 1. The number of rotatable bonds is 15. The molecule has 1 atom stereocenters. The quantitative estimate of drug-likeness (QED) is 0.192. The molecule has 0 saturated carbocycles. The highest BCUT2D eigenvalue weighted by Crippen LogP contribution is 2.36. The van der Waals surface area contributed by atoms with Crippen molar-refractivity contribution in [3.63, 3.8) is 0 Å². The summed E-state index contributed by atoms with van der Waals surface area (Å²) in [5.74, 6) is -2.22. The number of carbonyl (C=O) groups excluding carboxylic acids is 1. The van der Waals surface area contributed by atoms with E-state index in [9.17, 15) is 19.5 Å². The lowest BCUT2D eigenvalue weighted by Crippen LogP contribution is -2.45. The Morgan fingerprint density at radius 1 is 1.09 bits per heavy atom. The van der Waals surface area contributed by atoms with Gasteiger partial charge in [-0.2, -0.15) is 0 Å². The Morgan fingerprint density at radius 3 is 2.44 bits per heavy atom. The van der Waals surface area contributed by atoms with Crippen LogP contribution in [-0.2, 0) is 14.4 Å². The van der Waals surface area contributed by atoms with Gasteiger partial charge in [-0.3, -0.25) is 14.5 Å². The molecular weight excluding hydrogens is 478 g/mol. The second-order valence-corrected chi connectivity index (χ2v) is 9.43. The summed E-state index contributed by atoms with van der Waals surface area (Å²) in [6, 6.07) is 3.74. The minimum atomic E-state index is -1.56. The maximum atomic E-state index is 12.8. The highest BCUT2D eigenvalue weighted by Gasteiger charge is 2.41. The molecule has 1 amide bonds. The summed E-state index contributed by atoms with van der Waals surface area (Å²) in [5, 5.41) is 18.4. The number of ether oxygens (including phenoxy) is 2. The van der Waals surface area contributed by atoms with Gasteiger partial charge in [0, 0.05) is 0 Å². The number of amides is 1. The van der Waals surface area contributed by atoms with Crippen molar-refractivity contribution in [3.8, 4) is 11.5 Å². The number of hydrogen-bond donors (Lipinski definition) is 2. The summed E-state index contributed by atoms with van der Waals surface area (Å²) < 4.78 is 11.6. The summed E-state index contributed by atoms with van der Waals surface area (Å²) in [5.41, 5.74) is 0.654. The molecule has 0 bridgehead atoms. The molecule has 0 spiro atoms. The topological polar surface area (TPSA) is 113 Å². The van der Waals surface area contributed by atoms with E-state index in [-0.39, 0.29) is 9.23 Å². The molecule has 2 rings (SSSR count). The first-order chi connectivity index (χ1) is 16.3. The number of unbranched alkanes of at least 4 members (excludes halogenated alkanes) is 5. The highest BCUT2D eigenvalue weighted by molar-refractivity contribution is 8.26. The molecule has 1 aromatic carbocycles. The average molecular weight is 510 g/mol. The largest absolute Gasteiger partial charge is 0.490 e. The monoisotopic (exact) mass is 509 g/mol. The van der Waals surface area contributed by atoms with E-state index in [1.807, 2.05) is 6.92 Å². The van der Waals surface area contributed by atoms with Crippen LogP contribution < -0.4 is 9.47 Å². The molecule has 1 unspecified atom stereocenters. The van der Waals surface area contributed by atoms with Crippen molar-refractivity contribution < 1.29 is 34.1 Å². The SMILES string of the molecule is CCCCCCCCOc1ccc(/C=C2\SC(=S)N(C(CC(=O)O)C(=O)O)C2=O)cc1OCC. The van der Waals surface area contributed by atoms with Gasteiger partial charge in [0.2, 0.25) is 0 Å². The Labute approximate surface area is 209 Å². The van der Waals surface area contributed by atoms with Gasteiger partial charge in [-0.05, 0) is 37.1 Å². The van der Waals surface area contributed by atoms with Crippen LogP contribution in [0, 0.1) is 0 Å². The van der Waals surface area contributed by atoms with E-state index in [0.29, 0.717) is 30.3 Å². The Balaban J connectivity index is 2.11. The molecule has 1 saturated heterocycles. The van der Waals surface area contributed by atoms with Crippen LogP contribution in [0.25, 0.3) is 6.08 Å². The second kappa shape index (κ2) is 14.0. The van der Waals surface area contributed by atoms with Gasteiger partial charge >= 0.3 is 11.9 Å². The number of thioether (sulfide) groups is 1. The molecule has 1 fully saturated rings. The molecule has 34 heavy (non-hydrogen) atoms. The molecule has 0 radical (unpaired) electrons. The van der Waals surface area contributed by atoms with E-state index in [1.165, 1.54) is 25.7 Å². The highest BCUT2D eigenvalue weighted by atomic mass is 32.2. The first-order valence-corrected chi connectivity index (χ1v) is 12.6. The van der Waals surface area contributed by atoms with Crippen LogP contribution in [0.15, 0.2) is 23.1 Å². The standard InChI is InChI=1S/C24H31NO7S2/c1-3-5-6-7-8-9-12-32-18-11-10-16(13-19(18)31-4-2)14-20-22(28)25(24(33)34-20)17(23(29)30)15-21(26)27/h10-11,13-14,17H,3-9,12,15H2,1-2H3,(H,26,27)(H,29,30)/b20-14-. The fourth-order valence-corrected chi connectivity index (χ4v) is 4.78. The van der Waals surface area contributed by atoms with Crippen LogP contribution in [0.1, 0.15) is 64.4 Å². The Kier molecular flexibility index (Phi) is 11.4. The van der Waals surface area contributed by atoms with Gasteiger partial charge in [0.1, 0.15) is 10.4 Å². The Morgan fingerprint density at radius 2 is 1.79 bits per heavy atom. The van der Waals surface area contributed by atoms with Crippen LogP contribution >= 0.6 is 24.0 Å². The number of benzene rings is 1. The third kappa shape index (κ3) is 8.02. The first kappa shape index (κ1) is 27.7. The smallest absolute Gasteiger partial charge is 0.327 e. The summed E-state index contributed by atoms with van der Waals surface area (Å²) in [6.45, 7) is 5.08. The Bertz CT molecular complexity index is 932. The van der Waals surface area contributed by atoms with Crippen molar-refractivity contribution in [1.29, 1.82) is 0 Å². The first-order valence-electron chi connectivity index (χ1n) is 11.4. The molecule has 1 heterocycles. The fraction of sp³-hybridized carbons (Fsp3) is 0.500. The van der Waals surface area contributed by atoms with Crippen molar-refractivity contribution >= 4 is 52.2 Å². The molecule has 8 nitrogen and oxygen atoms in total. The molecule has 0 aromatic heterocycles. The summed E-state index contributed by atoms with van der Waals surface area (Å²) in [4.78, 5) is 36.5. The van der Waals surface area contributed by atoms with Crippen LogP contribution in [-0.4, -0.2) is 56.5 Å². The third-order valence-electron chi connectivity index (χ3n) is 5.11. The number of carboxylic acids is 2. The number of carboxylic acid groups (broad SMARTS) is 2. The second-order valence-electron chi connectivity index (χ2n) is 7.76. The van der Waals surface area contributed by atoms with Crippen LogP contribution in [0.3, 0.4) is 0 Å². The normalized spacial score (nSPS) is 15.6. The van der Waals surface area contributed by atoms with Gasteiger partial charge in [0.15, 0.2) is 11.5 Å². The van der Waals surface area contributed by atoms with E-state index < -0.39 is 30.3 Å². The van der Waals surface area contributed by atoms with E-state index in [4.69, 9.17) is 26.8 Å². The van der Waals surface area contributed by atoms with Crippen LogP contribution in [0.2, 0.25) is 0 Å². The van der Waals surface area contributed by atoms with Crippen molar-refractivity contribution in [2.45, 2.75) is 64.8 Å². The Hall–Kier alpha value is -2.59. The van der Waals surface area contributed by atoms with Crippen LogP contribution in [0.4, 0.5) is 0 Å². The predicted molar refractivity (Wildman–Crippen MR) is 135 cm³/mol. The molecule has 1 aliphatic rings. The zero-order valence-electron chi connectivity index (χ0n) is 19.5. The molecule has 1 aliphatic heterocycles. The molecule has 1 aromatic rings.